The molecule has 0 spiro atoms. The summed E-state index contributed by atoms with van der Waals surface area (Å²) in [6.45, 7) is 1.82. The molecule has 0 radical (unpaired) electrons. The van der Waals surface area contributed by atoms with E-state index in [-0.39, 0.29) is 5.76 Å². The van der Waals surface area contributed by atoms with Gasteiger partial charge in [-0.1, -0.05) is 11.6 Å². The number of nitrogens with one attached hydrogen (secondary N) is 1. The number of carbonyl (C=O) groups excluding carboxylic acids is 1. The topological polar surface area (TPSA) is 104 Å². The van der Waals surface area contributed by atoms with Crippen molar-refractivity contribution in [1.29, 1.82) is 0 Å². The maximum Gasteiger partial charge on any atom is 0.292 e. The van der Waals surface area contributed by atoms with Crippen LogP contribution in [0.2, 0.25) is 5.02 Å². The summed E-state index contributed by atoms with van der Waals surface area (Å²) in [7, 11) is 0. The Morgan fingerprint density at radius 3 is 2.68 bits per heavy atom. The number of amides is 1. The van der Waals surface area contributed by atoms with Crippen molar-refractivity contribution in [2.75, 3.05) is 5.32 Å². The average molecular weight is 499 g/mol. The van der Waals surface area contributed by atoms with Gasteiger partial charge in [0.2, 0.25) is 0 Å². The highest BCUT2D eigenvalue weighted by molar-refractivity contribution is 9.10. The minimum absolute atomic E-state index is 0.167. The Kier molecular flexibility index (Phi) is 4.79. The molecule has 0 saturated carbocycles. The first kappa shape index (κ1) is 19.5. The molecule has 154 valence electrons. The summed E-state index contributed by atoms with van der Waals surface area (Å²) < 4.78 is 9.03. The zero-order valence-electron chi connectivity index (χ0n) is 16.0. The minimum Gasteiger partial charge on any atom is -0.444 e. The third-order valence-corrected chi connectivity index (χ3v) is 5.16. The predicted molar refractivity (Wildman–Crippen MR) is 118 cm³/mol. The number of hydrogen-bond donors (Lipinski definition) is 1. The molecule has 5 rings (SSSR count). The minimum atomic E-state index is -0.408. The number of anilines is 1. The van der Waals surface area contributed by atoms with E-state index in [1.807, 2.05) is 19.1 Å². The molecule has 4 aromatic heterocycles. The number of furan rings is 1. The highest BCUT2D eigenvalue weighted by atomic mass is 79.9. The summed E-state index contributed by atoms with van der Waals surface area (Å²) in [5.74, 6) is 0.679. The molecule has 11 heteroatoms. The lowest BCUT2D eigenvalue weighted by Crippen LogP contribution is -2.15. The Morgan fingerprint density at radius 2 is 1.94 bits per heavy atom. The fourth-order valence-electron chi connectivity index (χ4n) is 3.14. The van der Waals surface area contributed by atoms with Crippen LogP contribution in [0.15, 0.2) is 64.1 Å². The molecule has 1 aromatic carbocycles. The van der Waals surface area contributed by atoms with Crippen LogP contribution in [0.5, 0.6) is 0 Å². The summed E-state index contributed by atoms with van der Waals surface area (Å²) in [4.78, 5) is 21.3. The van der Waals surface area contributed by atoms with Crippen LogP contribution in [-0.2, 0) is 0 Å². The third-order valence-electron chi connectivity index (χ3n) is 4.49. The van der Waals surface area contributed by atoms with Gasteiger partial charge in [-0.15, -0.1) is 0 Å². The van der Waals surface area contributed by atoms with Gasteiger partial charge in [-0.2, -0.15) is 14.9 Å². The predicted octanol–water partition coefficient (Wildman–Crippen LogP) is 4.57. The number of benzene rings is 1. The van der Waals surface area contributed by atoms with Gasteiger partial charge in [-0.3, -0.25) is 4.79 Å². The molecule has 0 saturated heterocycles. The summed E-state index contributed by atoms with van der Waals surface area (Å²) >= 11 is 9.19. The normalized spacial score (nSPS) is 11.2. The summed E-state index contributed by atoms with van der Waals surface area (Å²) in [5.41, 5.74) is 2.10. The second-order valence-electron chi connectivity index (χ2n) is 6.61. The molecule has 0 aliphatic carbocycles. The van der Waals surface area contributed by atoms with Crippen LogP contribution in [0, 0.1) is 6.92 Å². The molecule has 0 atom stereocenters. The van der Waals surface area contributed by atoms with Crippen LogP contribution in [0.4, 0.5) is 5.82 Å². The first-order valence-electron chi connectivity index (χ1n) is 9.08. The average Bonchev–Trinajstić information content (AvgIpc) is 3.47. The van der Waals surface area contributed by atoms with E-state index in [2.05, 4.69) is 41.4 Å². The third kappa shape index (κ3) is 3.60. The van der Waals surface area contributed by atoms with Gasteiger partial charge in [0.25, 0.3) is 5.91 Å². The van der Waals surface area contributed by atoms with Gasteiger partial charge in [0.05, 0.1) is 23.0 Å². The smallest absolute Gasteiger partial charge is 0.292 e. The molecule has 0 unspecified atom stereocenters. The van der Waals surface area contributed by atoms with Gasteiger partial charge in [0.1, 0.15) is 12.1 Å². The molecule has 4 heterocycles. The van der Waals surface area contributed by atoms with E-state index in [0.29, 0.717) is 38.1 Å². The molecule has 9 nitrogen and oxygen atoms in total. The van der Waals surface area contributed by atoms with Crippen molar-refractivity contribution in [3.05, 3.63) is 76.1 Å². The largest absolute Gasteiger partial charge is 0.444 e. The van der Waals surface area contributed by atoms with E-state index in [0.717, 1.165) is 5.69 Å². The summed E-state index contributed by atoms with van der Waals surface area (Å²) in [6, 6.07) is 12.2. The fourth-order valence-corrected chi connectivity index (χ4v) is 3.57. The summed E-state index contributed by atoms with van der Waals surface area (Å²) in [5, 5.41) is 13.1. The van der Waals surface area contributed by atoms with Gasteiger partial charge in [0, 0.05) is 11.1 Å². The zero-order valence-corrected chi connectivity index (χ0v) is 18.3. The Balaban J connectivity index is 1.57. The molecule has 31 heavy (non-hydrogen) atoms. The number of fused-ring (bicyclic) bond motifs is 1. The van der Waals surface area contributed by atoms with E-state index >= 15 is 0 Å². The molecular formula is C20H13BrClN7O2. The van der Waals surface area contributed by atoms with E-state index in [9.17, 15) is 4.79 Å². The maximum absolute atomic E-state index is 12.6. The highest BCUT2D eigenvalue weighted by Gasteiger charge is 2.19. The number of aryl methyl sites for hydroxylation is 1. The van der Waals surface area contributed by atoms with E-state index in [1.165, 1.54) is 6.33 Å². The standard InChI is InChI=1S/C20H13BrClN7O2/c1-11-8-17(26-20(30)15-6-7-16(21)31-15)29(27-11)19-14-9-25-28(18(14)23-10-24-19)13-4-2-12(22)3-5-13/h2-10H,1H3,(H,26,30). The molecule has 0 aliphatic heterocycles. The maximum atomic E-state index is 12.6. The van der Waals surface area contributed by atoms with Gasteiger partial charge in [-0.05, 0) is 59.3 Å². The first-order valence-corrected chi connectivity index (χ1v) is 10.2. The second kappa shape index (κ2) is 7.64. The quantitative estimate of drug-likeness (QED) is 0.389. The molecule has 0 bridgehead atoms. The monoisotopic (exact) mass is 497 g/mol. The molecule has 5 aromatic rings. The van der Waals surface area contributed by atoms with Crippen LogP contribution in [0.1, 0.15) is 16.2 Å². The second-order valence-corrected chi connectivity index (χ2v) is 7.83. The van der Waals surface area contributed by atoms with Gasteiger partial charge >= 0.3 is 0 Å². The Bertz CT molecular complexity index is 1420. The summed E-state index contributed by atoms with van der Waals surface area (Å²) in [6.07, 6.45) is 3.09. The van der Waals surface area contributed by atoms with Crippen LogP contribution in [0.3, 0.4) is 0 Å². The van der Waals surface area contributed by atoms with Crippen molar-refractivity contribution in [2.45, 2.75) is 6.92 Å². The number of halogens is 2. The lowest BCUT2D eigenvalue weighted by Gasteiger charge is -2.08. The number of nitrogens with zero attached hydrogens (tertiary/aromatic N) is 6. The number of aromatic nitrogens is 6. The van der Waals surface area contributed by atoms with Crippen molar-refractivity contribution in [3.8, 4) is 11.5 Å². The Labute approximate surface area is 188 Å². The molecule has 1 N–H and O–H groups in total. The highest BCUT2D eigenvalue weighted by Crippen LogP contribution is 2.25. The Morgan fingerprint density at radius 1 is 1.13 bits per heavy atom. The van der Waals surface area contributed by atoms with Gasteiger partial charge < -0.3 is 9.73 Å². The van der Waals surface area contributed by atoms with Gasteiger partial charge in [0.15, 0.2) is 21.9 Å². The van der Waals surface area contributed by atoms with Crippen LogP contribution < -0.4 is 5.32 Å². The number of rotatable bonds is 4. The van der Waals surface area contributed by atoms with Crippen LogP contribution >= 0.6 is 27.5 Å². The Hall–Kier alpha value is -3.50. The zero-order chi connectivity index (χ0) is 21.5. The molecule has 1 amide bonds. The van der Waals surface area contributed by atoms with Gasteiger partial charge in [-0.25, -0.2) is 14.6 Å². The van der Waals surface area contributed by atoms with Crippen LogP contribution in [0.25, 0.3) is 22.5 Å². The fraction of sp³-hybridized carbons (Fsp3) is 0.0500. The number of hydrogen-bond acceptors (Lipinski definition) is 6. The lowest BCUT2D eigenvalue weighted by molar-refractivity contribution is 0.0994. The molecule has 0 aliphatic rings. The molecular weight excluding hydrogens is 486 g/mol. The van der Waals surface area contributed by atoms with E-state index in [4.69, 9.17) is 16.0 Å². The van der Waals surface area contributed by atoms with Crippen molar-refractivity contribution in [3.63, 3.8) is 0 Å². The number of carbonyl (C=O) groups is 1. The first-order chi connectivity index (χ1) is 15.0. The molecule has 0 fully saturated rings. The van der Waals surface area contributed by atoms with Crippen molar-refractivity contribution in [2.24, 2.45) is 0 Å². The van der Waals surface area contributed by atoms with E-state index in [1.54, 1.807) is 45.9 Å². The lowest BCUT2D eigenvalue weighted by atomic mass is 10.3. The van der Waals surface area contributed by atoms with Crippen molar-refractivity contribution in [1.82, 2.24) is 29.5 Å². The SMILES string of the molecule is Cc1cc(NC(=O)c2ccc(Br)o2)n(-c2ncnc3c2cnn3-c2ccc(Cl)cc2)n1. The van der Waals surface area contributed by atoms with Crippen molar-refractivity contribution >= 4 is 50.3 Å². The van der Waals surface area contributed by atoms with Crippen molar-refractivity contribution < 1.29 is 9.21 Å². The van der Waals surface area contributed by atoms with Crippen LogP contribution in [-0.4, -0.2) is 35.4 Å². The van der Waals surface area contributed by atoms with E-state index < -0.39 is 5.91 Å².